The SMILES string of the molecule is CCOCc1nc(N)cc(Oc2cccc([N+](=O)[O-])c2)n1. The zero-order valence-corrected chi connectivity index (χ0v) is 11.4. The molecule has 0 saturated heterocycles. The first-order chi connectivity index (χ1) is 10.1. The summed E-state index contributed by atoms with van der Waals surface area (Å²) in [7, 11) is 0. The maximum Gasteiger partial charge on any atom is 0.273 e. The summed E-state index contributed by atoms with van der Waals surface area (Å²) in [6.45, 7) is 2.60. The highest BCUT2D eigenvalue weighted by Gasteiger charge is 2.09. The average molecular weight is 290 g/mol. The van der Waals surface area contributed by atoms with Crippen molar-refractivity contribution in [1.29, 1.82) is 0 Å². The molecule has 0 aliphatic carbocycles. The Hall–Kier alpha value is -2.74. The van der Waals surface area contributed by atoms with Gasteiger partial charge in [-0.3, -0.25) is 10.1 Å². The van der Waals surface area contributed by atoms with Crippen LogP contribution in [0.25, 0.3) is 0 Å². The van der Waals surface area contributed by atoms with E-state index in [4.69, 9.17) is 15.2 Å². The van der Waals surface area contributed by atoms with E-state index < -0.39 is 4.92 Å². The second kappa shape index (κ2) is 6.62. The molecule has 2 rings (SSSR count). The number of nitrogens with zero attached hydrogens (tertiary/aromatic N) is 3. The van der Waals surface area contributed by atoms with Gasteiger partial charge in [-0.05, 0) is 13.0 Å². The monoisotopic (exact) mass is 290 g/mol. The summed E-state index contributed by atoms with van der Waals surface area (Å²) in [6.07, 6.45) is 0. The fraction of sp³-hybridized carbons (Fsp3) is 0.231. The maximum absolute atomic E-state index is 10.7. The standard InChI is InChI=1S/C13H14N4O4/c1-2-20-8-12-15-11(14)7-13(16-12)21-10-5-3-4-9(6-10)17(18)19/h3-7H,2,8H2,1H3,(H2,14,15,16). The number of nitrogen functional groups attached to an aromatic ring is 1. The first-order valence-corrected chi connectivity index (χ1v) is 6.22. The highest BCUT2D eigenvalue weighted by Crippen LogP contribution is 2.24. The summed E-state index contributed by atoms with van der Waals surface area (Å²) in [4.78, 5) is 18.4. The van der Waals surface area contributed by atoms with E-state index in [-0.39, 0.29) is 24.0 Å². The number of nitrogens with two attached hydrogens (primary N) is 1. The van der Waals surface area contributed by atoms with Gasteiger partial charge in [0, 0.05) is 18.7 Å². The molecule has 2 N–H and O–H groups in total. The lowest BCUT2D eigenvalue weighted by atomic mass is 10.3. The third kappa shape index (κ3) is 4.11. The van der Waals surface area contributed by atoms with Crippen LogP contribution < -0.4 is 10.5 Å². The highest BCUT2D eigenvalue weighted by atomic mass is 16.6. The molecule has 0 spiro atoms. The Labute approximate surface area is 120 Å². The van der Waals surface area contributed by atoms with Gasteiger partial charge in [-0.25, -0.2) is 4.98 Å². The van der Waals surface area contributed by atoms with Crippen LogP contribution in [0, 0.1) is 10.1 Å². The minimum atomic E-state index is -0.498. The van der Waals surface area contributed by atoms with Crippen molar-refractivity contribution in [2.45, 2.75) is 13.5 Å². The van der Waals surface area contributed by atoms with Crippen LogP contribution in [0.3, 0.4) is 0 Å². The predicted octanol–water partition coefficient (Wildman–Crippen LogP) is 2.30. The summed E-state index contributed by atoms with van der Waals surface area (Å²) >= 11 is 0. The quantitative estimate of drug-likeness (QED) is 0.641. The molecule has 0 amide bonds. The molecule has 0 radical (unpaired) electrons. The first-order valence-electron chi connectivity index (χ1n) is 6.22. The van der Waals surface area contributed by atoms with Gasteiger partial charge in [-0.1, -0.05) is 6.07 Å². The smallest absolute Gasteiger partial charge is 0.273 e. The number of nitro benzene ring substituents is 1. The number of anilines is 1. The average Bonchev–Trinajstić information content (AvgIpc) is 2.45. The van der Waals surface area contributed by atoms with E-state index in [9.17, 15) is 10.1 Å². The van der Waals surface area contributed by atoms with Gasteiger partial charge in [-0.15, -0.1) is 0 Å². The third-order valence-electron chi connectivity index (χ3n) is 2.45. The predicted molar refractivity (Wildman–Crippen MR) is 74.9 cm³/mol. The lowest BCUT2D eigenvalue weighted by Crippen LogP contribution is -2.03. The van der Waals surface area contributed by atoms with Crippen molar-refractivity contribution in [1.82, 2.24) is 9.97 Å². The number of rotatable bonds is 6. The van der Waals surface area contributed by atoms with Crippen LogP contribution in [0.4, 0.5) is 11.5 Å². The molecule has 2 aromatic rings. The third-order valence-corrected chi connectivity index (χ3v) is 2.45. The Morgan fingerprint density at radius 2 is 2.14 bits per heavy atom. The van der Waals surface area contributed by atoms with E-state index in [0.29, 0.717) is 18.2 Å². The van der Waals surface area contributed by atoms with Crippen LogP contribution in [0.1, 0.15) is 12.7 Å². The van der Waals surface area contributed by atoms with E-state index in [1.54, 1.807) is 6.07 Å². The van der Waals surface area contributed by atoms with Crippen molar-refractivity contribution in [2.75, 3.05) is 12.3 Å². The molecule has 0 aliphatic rings. The maximum atomic E-state index is 10.7. The molecule has 8 heteroatoms. The summed E-state index contributed by atoms with van der Waals surface area (Å²) in [5.74, 6) is 1.12. The van der Waals surface area contributed by atoms with Crippen molar-refractivity contribution in [3.05, 3.63) is 46.3 Å². The molecule has 0 saturated carbocycles. The normalized spacial score (nSPS) is 10.3. The molecule has 21 heavy (non-hydrogen) atoms. The number of aromatic nitrogens is 2. The van der Waals surface area contributed by atoms with Gasteiger partial charge in [0.1, 0.15) is 18.2 Å². The van der Waals surface area contributed by atoms with Crippen molar-refractivity contribution in [3.63, 3.8) is 0 Å². The number of benzene rings is 1. The molecule has 0 fully saturated rings. The molecule has 1 aromatic heterocycles. The Bertz CT molecular complexity index is 648. The number of nitro groups is 1. The summed E-state index contributed by atoms with van der Waals surface area (Å²) in [6, 6.07) is 7.24. The Kier molecular flexibility index (Phi) is 4.62. The molecule has 0 atom stereocenters. The van der Waals surface area contributed by atoms with Crippen LogP contribution in [0.5, 0.6) is 11.6 Å². The van der Waals surface area contributed by atoms with E-state index in [1.807, 2.05) is 6.92 Å². The van der Waals surface area contributed by atoms with Gasteiger partial charge in [0.25, 0.3) is 5.69 Å². The van der Waals surface area contributed by atoms with E-state index in [2.05, 4.69) is 9.97 Å². The van der Waals surface area contributed by atoms with Gasteiger partial charge in [-0.2, -0.15) is 4.98 Å². The summed E-state index contributed by atoms with van der Waals surface area (Å²) in [5, 5.41) is 10.7. The Morgan fingerprint density at radius 3 is 2.86 bits per heavy atom. The topological polar surface area (TPSA) is 113 Å². The molecule has 1 aromatic carbocycles. The molecular weight excluding hydrogens is 276 g/mol. The zero-order chi connectivity index (χ0) is 15.2. The van der Waals surface area contributed by atoms with Crippen LogP contribution in [0.15, 0.2) is 30.3 Å². The largest absolute Gasteiger partial charge is 0.439 e. The van der Waals surface area contributed by atoms with Gasteiger partial charge < -0.3 is 15.2 Å². The lowest BCUT2D eigenvalue weighted by Gasteiger charge is -2.07. The molecule has 0 unspecified atom stereocenters. The van der Waals surface area contributed by atoms with Gasteiger partial charge in [0.2, 0.25) is 5.88 Å². The van der Waals surface area contributed by atoms with E-state index in [1.165, 1.54) is 24.3 Å². The second-order valence-corrected chi connectivity index (χ2v) is 4.04. The van der Waals surface area contributed by atoms with Crippen LogP contribution in [0.2, 0.25) is 0 Å². The van der Waals surface area contributed by atoms with Crippen molar-refractivity contribution in [2.24, 2.45) is 0 Å². The molecule has 110 valence electrons. The van der Waals surface area contributed by atoms with Crippen molar-refractivity contribution < 1.29 is 14.4 Å². The number of hydrogen-bond donors (Lipinski definition) is 1. The van der Waals surface area contributed by atoms with Crippen molar-refractivity contribution >= 4 is 11.5 Å². The Balaban J connectivity index is 2.20. The minimum Gasteiger partial charge on any atom is -0.439 e. The molecule has 0 bridgehead atoms. The van der Waals surface area contributed by atoms with E-state index in [0.717, 1.165) is 0 Å². The summed E-state index contributed by atoms with van der Waals surface area (Å²) < 4.78 is 10.7. The first kappa shape index (κ1) is 14.7. The highest BCUT2D eigenvalue weighted by molar-refractivity contribution is 5.41. The molecule has 1 heterocycles. The van der Waals surface area contributed by atoms with E-state index >= 15 is 0 Å². The molecular formula is C13H14N4O4. The van der Waals surface area contributed by atoms with Crippen molar-refractivity contribution in [3.8, 4) is 11.6 Å². The summed E-state index contributed by atoms with van der Waals surface area (Å²) in [5.41, 5.74) is 5.60. The van der Waals surface area contributed by atoms with Gasteiger partial charge in [0.15, 0.2) is 5.82 Å². The van der Waals surface area contributed by atoms with Gasteiger partial charge >= 0.3 is 0 Å². The lowest BCUT2D eigenvalue weighted by molar-refractivity contribution is -0.384. The fourth-order valence-corrected chi connectivity index (χ4v) is 1.58. The number of hydrogen-bond acceptors (Lipinski definition) is 7. The Morgan fingerprint density at radius 1 is 1.33 bits per heavy atom. The van der Waals surface area contributed by atoms with Gasteiger partial charge in [0.05, 0.1) is 11.0 Å². The minimum absolute atomic E-state index is 0.0657. The zero-order valence-electron chi connectivity index (χ0n) is 11.4. The van der Waals surface area contributed by atoms with Crippen LogP contribution in [-0.4, -0.2) is 21.5 Å². The van der Waals surface area contributed by atoms with Crippen LogP contribution >= 0.6 is 0 Å². The molecule has 8 nitrogen and oxygen atoms in total. The second-order valence-electron chi connectivity index (χ2n) is 4.04. The van der Waals surface area contributed by atoms with Crippen LogP contribution in [-0.2, 0) is 11.3 Å². The number of ether oxygens (including phenoxy) is 2. The molecule has 0 aliphatic heterocycles. The fourth-order valence-electron chi connectivity index (χ4n) is 1.58. The number of non-ortho nitro benzene ring substituents is 1.